The molecule has 7 heteroatoms. The monoisotopic (exact) mass is 200 g/mol. The minimum absolute atomic E-state index is 0.00188. The lowest BCUT2D eigenvalue weighted by Gasteiger charge is -2.25. The van der Waals surface area contributed by atoms with Crippen molar-refractivity contribution < 1.29 is 29.3 Å². The fourth-order valence-corrected chi connectivity index (χ4v) is 1.42. The van der Waals surface area contributed by atoms with Crippen LogP contribution in [0.5, 0.6) is 0 Å². The van der Waals surface area contributed by atoms with Crippen molar-refractivity contribution in [3.8, 4) is 0 Å². The second-order valence-electron chi connectivity index (χ2n) is 2.49. The van der Waals surface area contributed by atoms with E-state index in [2.05, 4.69) is 4.52 Å². The first-order valence-electron chi connectivity index (χ1n) is 3.32. The largest absolute Gasteiger partial charge is 0.342 e. The molecule has 74 valence electrons. The van der Waals surface area contributed by atoms with Gasteiger partial charge >= 0.3 is 13.6 Å². The topological polar surface area (TPSA) is 107 Å². The lowest BCUT2D eigenvalue weighted by Crippen LogP contribution is -2.42. The molecule has 0 aliphatic rings. The average molecular weight is 200 g/mol. The molecular formula is C5H13O6P. The summed E-state index contributed by atoms with van der Waals surface area (Å²) in [6.45, 7) is 2.36. The smallest absolute Gasteiger partial charge is 0.325 e. The second kappa shape index (κ2) is 3.83. The highest BCUT2D eigenvalue weighted by Crippen LogP contribution is 2.40. The molecule has 0 aromatic carbocycles. The van der Waals surface area contributed by atoms with Gasteiger partial charge in [0, 0.05) is 6.66 Å². The Morgan fingerprint density at radius 1 is 1.50 bits per heavy atom. The molecule has 0 radical (unpaired) electrons. The molecule has 12 heavy (non-hydrogen) atoms. The van der Waals surface area contributed by atoms with Crippen LogP contribution in [0.3, 0.4) is 0 Å². The van der Waals surface area contributed by atoms with Crippen LogP contribution in [-0.4, -0.2) is 39.0 Å². The van der Waals surface area contributed by atoms with Gasteiger partial charge in [-0.2, -0.15) is 0 Å². The van der Waals surface area contributed by atoms with E-state index in [4.69, 9.17) is 20.2 Å². The highest BCUT2D eigenvalue weighted by molar-refractivity contribution is 7.51. The molecular weight excluding hydrogens is 187 g/mol. The molecule has 2 unspecified atom stereocenters. The summed E-state index contributed by atoms with van der Waals surface area (Å²) < 4.78 is 14.9. The van der Waals surface area contributed by atoms with Gasteiger partial charge in [0.15, 0.2) is 0 Å². The summed E-state index contributed by atoms with van der Waals surface area (Å²) in [4.78, 5) is 8.68. The molecule has 0 bridgehead atoms. The van der Waals surface area contributed by atoms with Gasteiger partial charge in [-0.3, -0.25) is 9.09 Å². The molecule has 2 atom stereocenters. The average Bonchev–Trinajstić information content (AvgIpc) is 1.78. The summed E-state index contributed by atoms with van der Waals surface area (Å²) in [5, 5.41) is 25.8. The Morgan fingerprint density at radius 2 is 1.92 bits per heavy atom. The molecule has 0 aliphatic carbocycles. The zero-order valence-electron chi connectivity index (χ0n) is 6.84. The van der Waals surface area contributed by atoms with Crippen LogP contribution < -0.4 is 0 Å². The third-order valence-corrected chi connectivity index (χ3v) is 1.77. The third kappa shape index (κ3) is 4.82. The summed E-state index contributed by atoms with van der Waals surface area (Å²) in [6, 6.07) is 0. The van der Waals surface area contributed by atoms with E-state index in [0.717, 1.165) is 6.66 Å². The molecule has 0 aromatic rings. The van der Waals surface area contributed by atoms with Crippen molar-refractivity contribution in [3.05, 3.63) is 0 Å². The highest BCUT2D eigenvalue weighted by atomic mass is 31.2. The zero-order chi connectivity index (χ0) is 9.99. The van der Waals surface area contributed by atoms with Gasteiger partial charge in [0.05, 0.1) is 0 Å². The Morgan fingerprint density at radius 3 is 2.00 bits per heavy atom. The first kappa shape index (κ1) is 12.0. The first-order valence-corrected chi connectivity index (χ1v) is 5.35. The van der Waals surface area contributed by atoms with Crippen molar-refractivity contribution in [2.75, 3.05) is 6.66 Å². The third-order valence-electron chi connectivity index (χ3n) is 1.13. The van der Waals surface area contributed by atoms with Crippen molar-refractivity contribution in [2.45, 2.75) is 25.4 Å². The molecule has 6 nitrogen and oxygen atoms in total. The maximum atomic E-state index is 10.6. The van der Waals surface area contributed by atoms with Crippen molar-refractivity contribution >= 4 is 7.60 Å². The van der Waals surface area contributed by atoms with Gasteiger partial charge in [0.1, 0.15) is 6.10 Å². The molecule has 0 aromatic heterocycles. The van der Waals surface area contributed by atoms with Gasteiger partial charge in [0.2, 0.25) is 0 Å². The zero-order valence-corrected chi connectivity index (χ0v) is 7.73. The maximum absolute atomic E-state index is 10.6. The minimum atomic E-state index is -3.81. The number of rotatable bonds is 4. The van der Waals surface area contributed by atoms with Crippen LogP contribution >= 0.6 is 7.60 Å². The van der Waals surface area contributed by atoms with Crippen LogP contribution in [0.15, 0.2) is 0 Å². The van der Waals surface area contributed by atoms with Crippen molar-refractivity contribution in [1.29, 1.82) is 0 Å². The molecule has 0 rings (SSSR count). The maximum Gasteiger partial charge on any atom is 0.325 e. The summed E-state index contributed by atoms with van der Waals surface area (Å²) in [6.07, 6.45) is -1.49. The van der Waals surface area contributed by atoms with Crippen LogP contribution in [0.1, 0.15) is 13.3 Å². The molecule has 0 amide bonds. The molecule has 0 aliphatic heterocycles. The Bertz CT molecular complexity index is 179. The normalized spacial score (nSPS) is 20.2. The van der Waals surface area contributed by atoms with Crippen molar-refractivity contribution in [3.63, 3.8) is 0 Å². The number of hydrogen-bond donors (Lipinski definition) is 4. The molecule has 0 heterocycles. The van der Waals surface area contributed by atoms with Crippen LogP contribution in [0, 0.1) is 0 Å². The van der Waals surface area contributed by atoms with Gasteiger partial charge in [-0.05, 0) is 6.42 Å². The van der Waals surface area contributed by atoms with Crippen LogP contribution in [0.4, 0.5) is 0 Å². The molecule has 0 fully saturated rings. The Kier molecular flexibility index (Phi) is 3.84. The van der Waals surface area contributed by atoms with E-state index in [1.165, 1.54) is 6.92 Å². The van der Waals surface area contributed by atoms with Crippen LogP contribution in [-0.2, 0) is 9.09 Å². The predicted molar refractivity (Wildman–Crippen MR) is 40.3 cm³/mol. The van der Waals surface area contributed by atoms with E-state index in [-0.39, 0.29) is 6.42 Å². The van der Waals surface area contributed by atoms with E-state index in [0.29, 0.717) is 0 Å². The van der Waals surface area contributed by atoms with Crippen LogP contribution in [0.2, 0.25) is 0 Å². The van der Waals surface area contributed by atoms with Gasteiger partial charge in [0.25, 0.3) is 0 Å². The predicted octanol–water partition coefficient (Wildman–Crippen LogP) is -0.773. The Labute approximate surface area is 70.0 Å². The Balaban J connectivity index is 4.30. The van der Waals surface area contributed by atoms with Gasteiger partial charge in [-0.1, -0.05) is 6.92 Å². The fourth-order valence-electron chi connectivity index (χ4n) is 0.655. The van der Waals surface area contributed by atoms with Crippen molar-refractivity contribution in [2.24, 2.45) is 0 Å². The molecule has 0 spiro atoms. The minimum Gasteiger partial charge on any atom is -0.342 e. The standard InChI is InChI=1S/C5H13O6P/c1-3-4(5(6,7)8)11-12(2,9)10/h4,6-8H,3H2,1-2H3,(H,9,10). The van der Waals surface area contributed by atoms with E-state index in [1.807, 2.05) is 0 Å². The SMILES string of the molecule is CCC(OP(C)(=O)O)C(O)(O)O. The molecule has 0 saturated carbocycles. The van der Waals surface area contributed by atoms with E-state index in [9.17, 15) is 4.57 Å². The molecule has 0 saturated heterocycles. The number of aliphatic hydroxyl groups is 3. The lowest BCUT2D eigenvalue weighted by molar-refractivity contribution is -0.350. The van der Waals surface area contributed by atoms with E-state index >= 15 is 0 Å². The quantitative estimate of drug-likeness (QED) is 0.350. The van der Waals surface area contributed by atoms with Gasteiger partial charge < -0.3 is 20.2 Å². The summed E-state index contributed by atoms with van der Waals surface area (Å²) >= 11 is 0. The highest BCUT2D eigenvalue weighted by Gasteiger charge is 2.35. The van der Waals surface area contributed by atoms with Gasteiger partial charge in [-0.15, -0.1) is 0 Å². The Hall–Kier alpha value is 0.0300. The lowest BCUT2D eigenvalue weighted by atomic mass is 10.2. The fraction of sp³-hybridized carbons (Fsp3) is 1.00. The van der Waals surface area contributed by atoms with E-state index in [1.54, 1.807) is 0 Å². The van der Waals surface area contributed by atoms with Crippen LogP contribution in [0.25, 0.3) is 0 Å². The van der Waals surface area contributed by atoms with Crippen molar-refractivity contribution in [1.82, 2.24) is 0 Å². The molecule has 4 N–H and O–H groups in total. The summed E-state index contributed by atoms with van der Waals surface area (Å²) in [5.74, 6) is -3.08. The van der Waals surface area contributed by atoms with E-state index < -0.39 is 19.7 Å². The number of hydrogen-bond acceptors (Lipinski definition) is 5. The second-order valence-corrected chi connectivity index (χ2v) is 4.31. The first-order chi connectivity index (χ1) is 5.17. The summed E-state index contributed by atoms with van der Waals surface area (Å²) in [5.41, 5.74) is 0. The van der Waals surface area contributed by atoms with Gasteiger partial charge in [-0.25, -0.2) is 0 Å². The summed E-state index contributed by atoms with van der Waals surface area (Å²) in [7, 11) is -3.81.